The van der Waals surface area contributed by atoms with Crippen LogP contribution < -0.4 is 11.1 Å². The van der Waals surface area contributed by atoms with Gasteiger partial charge in [0.2, 0.25) is 0 Å². The average Bonchev–Trinajstić information content (AvgIpc) is 2.01. The van der Waals surface area contributed by atoms with Gasteiger partial charge in [0.25, 0.3) is 5.91 Å². The number of alkyl halides is 3. The summed E-state index contributed by atoms with van der Waals surface area (Å²) < 4.78 is 36.8. The summed E-state index contributed by atoms with van der Waals surface area (Å²) in [5.74, 6) is -1.18. The molecule has 0 fully saturated rings. The van der Waals surface area contributed by atoms with Gasteiger partial charge in [-0.25, -0.2) is 0 Å². The van der Waals surface area contributed by atoms with Crippen molar-refractivity contribution in [3.63, 3.8) is 0 Å². The van der Waals surface area contributed by atoms with E-state index < -0.39 is 23.4 Å². The van der Waals surface area contributed by atoms with Crippen molar-refractivity contribution in [1.29, 1.82) is 0 Å². The number of aliphatic imine (C=N–C) groups is 1. The van der Waals surface area contributed by atoms with Crippen LogP contribution in [0.15, 0.2) is 16.3 Å². The largest absolute Gasteiger partial charge is 0.431 e. The molecule has 0 aromatic carbocycles. The predicted molar refractivity (Wildman–Crippen MR) is 45.8 cm³/mol. The van der Waals surface area contributed by atoms with Gasteiger partial charge in [0.15, 0.2) is 0 Å². The van der Waals surface area contributed by atoms with E-state index >= 15 is 0 Å². The molecule has 0 heterocycles. The summed E-state index contributed by atoms with van der Waals surface area (Å²) in [5.41, 5.74) is 2.88. The predicted octanol–water partition coefficient (Wildman–Crippen LogP) is 0.208. The first kappa shape index (κ1) is 12.5. The van der Waals surface area contributed by atoms with Crippen LogP contribution in [-0.2, 0) is 4.79 Å². The van der Waals surface area contributed by atoms with Gasteiger partial charge in [-0.2, -0.15) is 13.2 Å². The maximum atomic E-state index is 12.3. The fraction of sp³-hybridized carbons (Fsp3) is 0.429. The Bertz CT molecular complexity index is 280. The highest BCUT2D eigenvalue weighted by Crippen LogP contribution is 2.25. The third kappa shape index (κ3) is 3.08. The minimum atomic E-state index is -4.65. The van der Waals surface area contributed by atoms with Gasteiger partial charge >= 0.3 is 6.18 Å². The molecule has 4 nitrogen and oxygen atoms in total. The lowest BCUT2D eigenvalue weighted by Gasteiger charge is -2.12. The molecular weight excluding hydrogens is 199 g/mol. The number of rotatable bonds is 3. The Morgan fingerprint density at radius 2 is 2.00 bits per heavy atom. The number of nitrogens with zero attached hydrogens (tertiary/aromatic N) is 1. The zero-order valence-electron chi connectivity index (χ0n) is 7.64. The second-order valence-corrected chi connectivity index (χ2v) is 2.29. The van der Waals surface area contributed by atoms with Gasteiger partial charge in [-0.15, -0.1) is 0 Å². The molecule has 3 N–H and O–H groups in total. The van der Waals surface area contributed by atoms with Crippen molar-refractivity contribution >= 4 is 12.1 Å². The first-order chi connectivity index (χ1) is 6.34. The molecule has 80 valence electrons. The maximum absolute atomic E-state index is 12.3. The molecule has 0 atom stereocenters. The first-order valence-corrected chi connectivity index (χ1v) is 3.55. The van der Waals surface area contributed by atoms with Crippen molar-refractivity contribution in [3.05, 3.63) is 11.3 Å². The second-order valence-electron chi connectivity index (χ2n) is 2.29. The van der Waals surface area contributed by atoms with Gasteiger partial charge in [-0.05, 0) is 0 Å². The number of carbonyl (C=O) groups excluding carboxylic acids is 1. The molecule has 0 aliphatic heterocycles. The van der Waals surface area contributed by atoms with Crippen molar-refractivity contribution in [3.8, 4) is 0 Å². The third-order valence-electron chi connectivity index (χ3n) is 1.33. The van der Waals surface area contributed by atoms with E-state index in [9.17, 15) is 18.0 Å². The van der Waals surface area contributed by atoms with Crippen LogP contribution in [0.1, 0.15) is 0 Å². The van der Waals surface area contributed by atoms with E-state index in [-0.39, 0.29) is 0 Å². The normalized spacial score (nSPS) is 14.1. The fourth-order valence-electron chi connectivity index (χ4n) is 0.810. The molecule has 1 amide bonds. The van der Waals surface area contributed by atoms with E-state index in [1.54, 1.807) is 0 Å². The molecule has 0 aromatic rings. The standard InChI is InChI=1S/C7H10F3N3O/c1-12-3-4(6(11)14)5(13-2)7(8,9)10/h3,13H,1-2H3,(H2,11,14)/b5-4+,12-3?. The van der Waals surface area contributed by atoms with Crippen LogP contribution >= 0.6 is 0 Å². The number of nitrogens with two attached hydrogens (primary N) is 1. The molecule has 0 spiro atoms. The maximum Gasteiger partial charge on any atom is 0.431 e. The average molecular weight is 209 g/mol. The number of amides is 1. The van der Waals surface area contributed by atoms with Crippen LogP contribution in [0.3, 0.4) is 0 Å². The summed E-state index contributed by atoms with van der Waals surface area (Å²) in [5, 5.41) is 1.87. The molecule has 0 aromatic heterocycles. The highest BCUT2D eigenvalue weighted by molar-refractivity contribution is 6.12. The summed E-state index contributed by atoms with van der Waals surface area (Å²) in [6.45, 7) is 0. The summed E-state index contributed by atoms with van der Waals surface area (Å²) in [6, 6.07) is 0. The van der Waals surface area contributed by atoms with E-state index in [0.29, 0.717) is 0 Å². The van der Waals surface area contributed by atoms with E-state index in [2.05, 4.69) is 4.99 Å². The number of allylic oxidation sites excluding steroid dienone is 1. The molecule has 7 heteroatoms. The quantitative estimate of drug-likeness (QED) is 0.515. The van der Waals surface area contributed by atoms with Crippen LogP contribution in [0.2, 0.25) is 0 Å². The third-order valence-corrected chi connectivity index (χ3v) is 1.33. The van der Waals surface area contributed by atoms with Crippen molar-refractivity contribution in [2.45, 2.75) is 6.18 Å². The molecule has 14 heavy (non-hydrogen) atoms. The lowest BCUT2D eigenvalue weighted by molar-refractivity contribution is -0.116. The van der Waals surface area contributed by atoms with Gasteiger partial charge < -0.3 is 11.1 Å². The molecular formula is C7H10F3N3O. The summed E-state index contributed by atoms with van der Waals surface area (Å²) in [7, 11) is 2.29. The number of hydrogen-bond donors (Lipinski definition) is 2. The van der Waals surface area contributed by atoms with Gasteiger partial charge in [0.05, 0.1) is 5.57 Å². The Morgan fingerprint density at radius 3 is 2.21 bits per heavy atom. The lowest BCUT2D eigenvalue weighted by atomic mass is 10.2. The number of hydrogen-bond acceptors (Lipinski definition) is 3. The minimum Gasteiger partial charge on any atom is -0.383 e. The monoisotopic (exact) mass is 209 g/mol. The van der Waals surface area contributed by atoms with Crippen LogP contribution in [0.5, 0.6) is 0 Å². The van der Waals surface area contributed by atoms with Gasteiger partial charge in [0, 0.05) is 20.3 Å². The zero-order valence-corrected chi connectivity index (χ0v) is 7.64. The van der Waals surface area contributed by atoms with E-state index in [1.807, 2.05) is 5.32 Å². The highest BCUT2D eigenvalue weighted by Gasteiger charge is 2.36. The Balaban J connectivity index is 5.42. The Labute approximate surface area is 78.7 Å². The van der Waals surface area contributed by atoms with E-state index in [0.717, 1.165) is 13.3 Å². The van der Waals surface area contributed by atoms with E-state index in [1.165, 1.54) is 7.05 Å². The lowest BCUT2D eigenvalue weighted by Crippen LogP contribution is -2.30. The Hall–Kier alpha value is -1.53. The SMILES string of the molecule is CN=C/C(C(N)=O)=C(\NC)C(F)(F)F. The van der Waals surface area contributed by atoms with Crippen LogP contribution in [0.4, 0.5) is 13.2 Å². The summed E-state index contributed by atoms with van der Waals surface area (Å²) >= 11 is 0. The molecule has 0 aliphatic rings. The van der Waals surface area contributed by atoms with Crippen molar-refractivity contribution in [2.24, 2.45) is 10.7 Å². The first-order valence-electron chi connectivity index (χ1n) is 3.55. The summed E-state index contributed by atoms with van der Waals surface area (Å²) in [4.78, 5) is 14.0. The second kappa shape index (κ2) is 4.64. The Morgan fingerprint density at radius 1 is 1.50 bits per heavy atom. The van der Waals surface area contributed by atoms with E-state index in [4.69, 9.17) is 5.73 Å². The van der Waals surface area contributed by atoms with Gasteiger partial charge in [-0.3, -0.25) is 9.79 Å². The van der Waals surface area contributed by atoms with Gasteiger partial charge in [0.1, 0.15) is 5.70 Å². The number of carbonyl (C=O) groups is 1. The highest BCUT2D eigenvalue weighted by atomic mass is 19.4. The van der Waals surface area contributed by atoms with Crippen molar-refractivity contribution in [1.82, 2.24) is 5.32 Å². The van der Waals surface area contributed by atoms with Crippen LogP contribution in [0.25, 0.3) is 0 Å². The Kier molecular flexibility index (Phi) is 4.13. The molecule has 0 rings (SSSR count). The topological polar surface area (TPSA) is 67.5 Å². The molecule has 0 saturated carbocycles. The number of primary amides is 1. The molecule has 0 aliphatic carbocycles. The number of halogens is 3. The minimum absolute atomic E-state index is 0.692. The molecule has 0 bridgehead atoms. The van der Waals surface area contributed by atoms with Gasteiger partial charge in [-0.1, -0.05) is 0 Å². The molecule has 0 saturated heterocycles. The van der Waals surface area contributed by atoms with Crippen LogP contribution in [0, 0.1) is 0 Å². The van der Waals surface area contributed by atoms with Crippen molar-refractivity contribution < 1.29 is 18.0 Å². The molecule has 0 radical (unpaired) electrons. The smallest absolute Gasteiger partial charge is 0.383 e. The number of nitrogens with one attached hydrogen (secondary N) is 1. The van der Waals surface area contributed by atoms with Crippen molar-refractivity contribution in [2.75, 3.05) is 14.1 Å². The molecule has 0 unspecified atom stereocenters. The zero-order chi connectivity index (χ0) is 11.4. The fourth-order valence-corrected chi connectivity index (χ4v) is 0.810. The van der Waals surface area contributed by atoms with Crippen LogP contribution in [-0.4, -0.2) is 32.4 Å². The summed E-state index contributed by atoms with van der Waals surface area (Å²) in [6.07, 6.45) is -3.89.